The number of benzene rings is 5. The van der Waals surface area contributed by atoms with Crippen LogP contribution in [-0.4, -0.2) is 287 Å². The second-order valence-corrected chi connectivity index (χ2v) is 41.1. The Labute approximate surface area is 824 Å². The van der Waals surface area contributed by atoms with Crippen LogP contribution in [-0.2, 0) is 118 Å². The van der Waals surface area contributed by atoms with Gasteiger partial charge in [-0.25, -0.2) is 61.1 Å². The van der Waals surface area contributed by atoms with Gasteiger partial charge in [0.2, 0.25) is 0 Å². The van der Waals surface area contributed by atoms with Crippen LogP contribution in [0, 0.1) is 17.5 Å². The number of ketones is 2. The van der Waals surface area contributed by atoms with Gasteiger partial charge in [0.05, 0.1) is 53.4 Å². The largest absolute Gasteiger partial charge is 0.480 e. The maximum Gasteiger partial charge on any atom is 0.411 e. The third-order valence-electron chi connectivity index (χ3n) is 21.6. The van der Waals surface area contributed by atoms with Gasteiger partial charge in [0.1, 0.15) is 125 Å². The average molecular weight is 2020 g/mol. The number of rotatable bonds is 18. The predicted octanol–water partition coefficient (Wildman–Crippen LogP) is 14.9. The Kier molecular flexibility index (Phi) is 37.9. The Hall–Kier alpha value is -11.6. The predicted molar refractivity (Wildman–Crippen MR) is 500 cm³/mol. The van der Waals surface area contributed by atoms with Gasteiger partial charge in [-0.05, 0) is 183 Å². The number of nitrogens with two attached hydrogens (primary N) is 1. The fraction of sp³-hybridized carbons (Fsp3) is 0.546. The minimum absolute atomic E-state index is 0.0341. The molecule has 5 aromatic rings. The number of nitrogens with zero attached hydrogens (tertiary/aromatic N) is 9. The quantitative estimate of drug-likeness (QED) is 0.0120. The molecule has 140 heavy (non-hydrogen) atoms. The van der Waals surface area contributed by atoms with Crippen LogP contribution in [0.3, 0.4) is 0 Å². The third-order valence-corrected chi connectivity index (χ3v) is 22.5. The van der Waals surface area contributed by atoms with Crippen molar-refractivity contribution in [2.45, 2.75) is 301 Å². The summed E-state index contributed by atoms with van der Waals surface area (Å²) in [6.07, 6.45) is -3.11. The lowest BCUT2D eigenvalue weighted by Crippen LogP contribution is -2.47. The number of hydrogen-bond acceptors (Lipinski definition) is 27. The first-order valence-electron chi connectivity index (χ1n) is 45.2. The Morgan fingerprint density at radius 2 is 0.714 bits per heavy atom. The lowest BCUT2D eigenvalue weighted by atomic mass is 9.99. The van der Waals surface area contributed by atoms with Crippen LogP contribution in [0.1, 0.15) is 165 Å². The Morgan fingerprint density at radius 1 is 0.414 bits per heavy atom. The number of azide groups is 1. The van der Waals surface area contributed by atoms with Gasteiger partial charge in [-0.2, -0.15) is 0 Å². The van der Waals surface area contributed by atoms with Crippen molar-refractivity contribution in [1.29, 1.82) is 0 Å². The summed E-state index contributed by atoms with van der Waals surface area (Å²) >= 11 is 17.0. The highest BCUT2D eigenvalue weighted by Gasteiger charge is 2.64. The zero-order chi connectivity index (χ0) is 104. The van der Waals surface area contributed by atoms with Crippen molar-refractivity contribution in [3.63, 3.8) is 0 Å². The summed E-state index contributed by atoms with van der Waals surface area (Å²) in [4.78, 5) is 155. The number of Topliss-reactive ketones (excluding diaryl/α,β-unsaturated/α-hetero) is 2. The summed E-state index contributed by atoms with van der Waals surface area (Å²) in [5.74, 6) is -5.18. The zero-order valence-electron chi connectivity index (χ0n) is 81.1. The standard InChI is InChI=1S/C18H22ClFN4O4.C18H21ClFNO4.2C17H21NO5.C10H15NO5.C10H15NO4.C7H7ClFN/c1-18(2,3)28-17(27)24-9-12(22-23-21)16(26)15(24)13(25)8-7-10-5-4-6-11(19)14(10)20;1-18(2,3)25-17(23)21-9-13-16(24-13)15(21)12(22)8-7-10-5-4-6-11(19)14(10)20;2*1-17(2,3)23-16(20)18-9-12-14(22-12)13(18)15(19)21-10-11-7-5-4-6-8-11;1-10(2,3)16-9(14)11-4-5-7(15-5)6(11)8(12)13;1-10(2,3)15-9(14)11-6-4-5-7(11)8(12)13;8-6-3-1-2-5(4-10)7(6)9/h4-6,12,15-16,26H,7-9H2,1-3H3;4-6,13,15-16H,7-9H2,1-3H3;2*4-8,12-14H,9-10H2,1-3H3;5-7H,4H2,1-3H3,(H,12,13);4-5,7H,6H2,1-3H3,(H,12,13);1-3H,4,10H2/t12-,15-,16+;13?,15-,16?;2*12?,13-,14?;5?,6-,7?;7-;/m110000./s1. The molecule has 9 saturated heterocycles. The number of aliphatic hydroxyl groups is 1. The van der Waals surface area contributed by atoms with Crippen LogP contribution in [0.15, 0.2) is 133 Å². The van der Waals surface area contributed by atoms with Crippen molar-refractivity contribution in [2.75, 3.05) is 39.3 Å². The fourth-order valence-corrected chi connectivity index (χ4v) is 15.8. The van der Waals surface area contributed by atoms with E-state index in [9.17, 15) is 75.8 Å². The summed E-state index contributed by atoms with van der Waals surface area (Å²) in [5, 5.41) is 31.8. The molecule has 10 aliphatic heterocycles. The number of fused-ring (bicyclic) bond motifs is 4. The van der Waals surface area contributed by atoms with Crippen molar-refractivity contribution in [3.05, 3.63) is 198 Å². The topological polar surface area (TPSA) is 484 Å². The van der Waals surface area contributed by atoms with Crippen molar-refractivity contribution in [1.82, 2.24) is 29.4 Å². The van der Waals surface area contributed by atoms with Crippen LogP contribution in [0.5, 0.6) is 0 Å². The van der Waals surface area contributed by atoms with Gasteiger partial charge >= 0.3 is 60.4 Å². The molecule has 8 unspecified atom stereocenters. The molecule has 5 aromatic carbocycles. The highest BCUT2D eigenvalue weighted by atomic mass is 35.5. The first-order chi connectivity index (χ1) is 65.3. The second-order valence-electron chi connectivity index (χ2n) is 39.9. The Morgan fingerprint density at radius 3 is 1.04 bits per heavy atom. The summed E-state index contributed by atoms with van der Waals surface area (Å²) in [6.45, 7) is 33.6. The van der Waals surface area contributed by atoms with Gasteiger partial charge < -0.3 is 77.9 Å². The van der Waals surface area contributed by atoms with Gasteiger partial charge in [0.15, 0.2) is 35.7 Å². The smallest absolute Gasteiger partial charge is 0.411 e. The Bertz CT molecular complexity index is 5250. The average Bonchev–Trinajstić information content (AvgIpc) is 1.60. The van der Waals surface area contributed by atoms with E-state index >= 15 is 0 Å². The molecule has 5 N–H and O–H groups in total. The number of ether oxygens (including phenoxy) is 12. The highest BCUT2D eigenvalue weighted by Crippen LogP contribution is 2.43. The van der Waals surface area contributed by atoms with Crippen molar-refractivity contribution in [3.8, 4) is 0 Å². The molecule has 16 atom stereocenters. The molecular formula is C97H122Cl3F3N10O27. The number of esters is 2. The number of aryl methyl sites for hydroxylation is 2. The van der Waals surface area contributed by atoms with Crippen LogP contribution in [0.25, 0.3) is 10.4 Å². The lowest BCUT2D eigenvalue weighted by Gasteiger charge is -2.29. The van der Waals surface area contributed by atoms with Crippen molar-refractivity contribution < 1.29 is 143 Å². The SMILES string of the molecule is CC(C)(C)OC(=O)N1CC2OC2[C@H]1C(=O)CCc1cccc(Cl)c1F.CC(C)(C)OC(=O)N1CC2OC2[C@H]1C(=O)O.CC(C)(C)OC(=O)N1CC2OC2[C@H]1C(=O)OCc1ccccc1.CC(C)(C)OC(=O)N1CC2OC2[C@H]1C(=O)OCc1ccccc1.CC(C)(C)OC(=O)N1CC=C[C@H]1C(=O)O.CC(C)(C)OC(=O)N1C[C@@H](N=[N+]=[N-])[C@H](O)[C@H]1C(=O)CCc1cccc(Cl)c1F.NCc1cccc(Cl)c1F. The van der Waals surface area contributed by atoms with E-state index in [1.165, 1.54) is 54.8 Å². The van der Waals surface area contributed by atoms with Crippen LogP contribution >= 0.6 is 34.8 Å². The van der Waals surface area contributed by atoms with Crippen LogP contribution in [0.2, 0.25) is 15.1 Å². The molecular weight excluding hydrogens is 1900 g/mol. The van der Waals surface area contributed by atoms with Gasteiger partial charge in [-0.1, -0.05) is 149 Å². The molecule has 10 aliphatic rings. The second kappa shape index (κ2) is 47.3. The van der Waals surface area contributed by atoms with Crippen LogP contribution in [0.4, 0.5) is 41.9 Å². The van der Waals surface area contributed by atoms with Crippen LogP contribution < -0.4 is 5.73 Å². The molecule has 0 aromatic heterocycles. The number of carboxylic acids is 2. The first kappa shape index (κ1) is 112. The zero-order valence-corrected chi connectivity index (χ0v) is 83.3. The number of epoxide rings is 4. The summed E-state index contributed by atoms with van der Waals surface area (Å²) < 4.78 is 104. The van der Waals surface area contributed by atoms with E-state index in [1.54, 1.807) is 161 Å². The minimum atomic E-state index is -1.37. The number of carboxylic acid groups (broad SMARTS) is 2. The molecule has 9 fully saturated rings. The van der Waals surface area contributed by atoms with E-state index in [1.807, 2.05) is 60.7 Å². The molecule has 37 nitrogen and oxygen atoms in total. The lowest BCUT2D eigenvalue weighted by molar-refractivity contribution is -0.152. The van der Waals surface area contributed by atoms with E-state index in [4.69, 9.17) is 113 Å². The minimum Gasteiger partial charge on any atom is -0.480 e. The number of aliphatic carboxylic acids is 2. The number of carbonyl (C=O) groups is 12. The van der Waals surface area contributed by atoms with Gasteiger partial charge in [0.25, 0.3) is 0 Å². The fourth-order valence-electron chi connectivity index (χ4n) is 15.2. The molecule has 0 saturated carbocycles. The summed E-state index contributed by atoms with van der Waals surface area (Å²) in [5.41, 5.74) is 12.9. The number of morpholine rings is 4. The summed E-state index contributed by atoms with van der Waals surface area (Å²) in [6, 6.07) is 26.7. The van der Waals surface area contributed by atoms with Crippen molar-refractivity contribution in [2.24, 2.45) is 10.8 Å². The third kappa shape index (κ3) is 32.5. The maximum atomic E-state index is 14.0. The maximum absolute atomic E-state index is 14.0. The molecule has 6 amide bonds. The highest BCUT2D eigenvalue weighted by molar-refractivity contribution is 6.31. The number of carbonyl (C=O) groups excluding carboxylic acids is 10. The molecule has 0 bridgehead atoms. The number of hydrogen-bond donors (Lipinski definition) is 4. The molecule has 15 rings (SSSR count). The normalized spacial score (nSPS) is 23.8. The number of likely N-dealkylation sites (tertiary alicyclic amines) is 5. The van der Waals surface area contributed by atoms with E-state index < -0.39 is 166 Å². The molecule has 0 radical (unpaired) electrons. The van der Waals surface area contributed by atoms with E-state index in [-0.39, 0.29) is 134 Å². The first-order valence-corrected chi connectivity index (χ1v) is 46.3. The number of halogens is 6. The van der Waals surface area contributed by atoms with E-state index in [2.05, 4.69) is 10.0 Å². The number of aliphatic hydroxyl groups excluding tert-OH is 1. The summed E-state index contributed by atoms with van der Waals surface area (Å²) in [7, 11) is 0. The molecule has 43 heteroatoms. The molecule has 10 heterocycles. The number of amides is 6. The molecule has 764 valence electrons. The monoisotopic (exact) mass is 2020 g/mol. The molecule has 0 spiro atoms. The van der Waals surface area contributed by atoms with Gasteiger partial charge in [-0.15, -0.1) is 0 Å². The van der Waals surface area contributed by atoms with E-state index in [0.29, 0.717) is 37.3 Å². The van der Waals surface area contributed by atoms with E-state index in [0.717, 1.165) is 16.0 Å². The van der Waals surface area contributed by atoms with Gasteiger partial charge in [-0.3, -0.25) is 39.0 Å². The molecule has 0 aliphatic carbocycles. The Balaban J connectivity index is 0.000000186. The van der Waals surface area contributed by atoms with Gasteiger partial charge in [0, 0.05) is 43.0 Å². The van der Waals surface area contributed by atoms with Crippen molar-refractivity contribution >= 4 is 107 Å².